The van der Waals surface area contributed by atoms with E-state index in [1.165, 1.54) is 4.90 Å². The van der Waals surface area contributed by atoms with Crippen molar-refractivity contribution in [2.24, 2.45) is 0 Å². The molecule has 2 amide bonds. The Labute approximate surface area is 134 Å². The van der Waals surface area contributed by atoms with Crippen molar-refractivity contribution in [1.82, 2.24) is 4.90 Å². The van der Waals surface area contributed by atoms with Crippen LogP contribution in [0.2, 0.25) is 10.0 Å². The fraction of sp³-hybridized carbons (Fsp3) is 0.467. The van der Waals surface area contributed by atoms with Crippen LogP contribution in [0.4, 0.5) is 5.69 Å². The normalized spacial score (nSPS) is 20.0. The zero-order valence-corrected chi connectivity index (χ0v) is 13.8. The lowest BCUT2D eigenvalue weighted by atomic mass is 10.2. The van der Waals surface area contributed by atoms with Crippen molar-refractivity contribution in [2.45, 2.75) is 45.7 Å². The molecule has 0 saturated carbocycles. The van der Waals surface area contributed by atoms with E-state index < -0.39 is 6.04 Å². The summed E-state index contributed by atoms with van der Waals surface area (Å²) in [5.74, 6) is -0.380. The maximum atomic E-state index is 12.4. The first-order chi connectivity index (χ1) is 9.86. The fourth-order valence-corrected chi connectivity index (χ4v) is 2.85. The van der Waals surface area contributed by atoms with Gasteiger partial charge in [0, 0.05) is 6.04 Å². The van der Waals surface area contributed by atoms with Crippen molar-refractivity contribution in [2.75, 3.05) is 5.32 Å². The van der Waals surface area contributed by atoms with Crippen LogP contribution in [0.5, 0.6) is 0 Å². The van der Waals surface area contributed by atoms with Gasteiger partial charge in [-0.05, 0) is 31.9 Å². The van der Waals surface area contributed by atoms with E-state index in [1.807, 2.05) is 26.8 Å². The monoisotopic (exact) mass is 328 g/mol. The second kappa shape index (κ2) is 6.24. The number of carbonyl (C=O) groups is 2. The van der Waals surface area contributed by atoms with Crippen LogP contribution in [-0.2, 0) is 9.59 Å². The van der Waals surface area contributed by atoms with Gasteiger partial charge in [-0.2, -0.15) is 0 Å². The van der Waals surface area contributed by atoms with Gasteiger partial charge >= 0.3 is 0 Å². The minimum absolute atomic E-state index is 0.0970. The van der Waals surface area contributed by atoms with Crippen LogP contribution >= 0.6 is 23.2 Å². The number of nitrogens with one attached hydrogen (secondary N) is 1. The number of imide groups is 1. The molecule has 0 bridgehead atoms. The number of rotatable bonds is 4. The molecule has 2 unspecified atom stereocenters. The Morgan fingerprint density at radius 3 is 2.67 bits per heavy atom. The number of aryl methyl sites for hydroxylation is 1. The Kier molecular flexibility index (Phi) is 4.79. The number of hydrogen-bond acceptors (Lipinski definition) is 3. The molecule has 2 atom stereocenters. The predicted octanol–water partition coefficient (Wildman–Crippen LogP) is 3.64. The van der Waals surface area contributed by atoms with Gasteiger partial charge in [-0.1, -0.05) is 36.2 Å². The van der Waals surface area contributed by atoms with Crippen molar-refractivity contribution in [1.29, 1.82) is 0 Å². The lowest BCUT2D eigenvalue weighted by Crippen LogP contribution is -2.40. The Hall–Kier alpha value is -1.26. The highest BCUT2D eigenvalue weighted by molar-refractivity contribution is 6.39. The van der Waals surface area contributed by atoms with E-state index in [-0.39, 0.29) is 24.3 Å². The van der Waals surface area contributed by atoms with Crippen molar-refractivity contribution >= 4 is 40.7 Å². The van der Waals surface area contributed by atoms with Crippen molar-refractivity contribution in [3.8, 4) is 0 Å². The second-order valence-corrected chi connectivity index (χ2v) is 6.10. The molecule has 0 radical (unpaired) electrons. The molecule has 0 spiro atoms. The van der Waals surface area contributed by atoms with Crippen molar-refractivity contribution in [3.05, 3.63) is 27.7 Å². The van der Waals surface area contributed by atoms with E-state index >= 15 is 0 Å². The highest BCUT2D eigenvalue weighted by Gasteiger charge is 2.41. The molecular weight excluding hydrogens is 311 g/mol. The van der Waals surface area contributed by atoms with Crippen LogP contribution in [0.3, 0.4) is 0 Å². The first-order valence-electron chi connectivity index (χ1n) is 6.93. The van der Waals surface area contributed by atoms with Gasteiger partial charge in [0.05, 0.1) is 22.2 Å². The maximum Gasteiger partial charge on any atom is 0.252 e. The molecule has 114 valence electrons. The molecule has 1 N–H and O–H groups in total. The van der Waals surface area contributed by atoms with Crippen LogP contribution in [-0.4, -0.2) is 28.8 Å². The van der Waals surface area contributed by atoms with E-state index in [9.17, 15) is 9.59 Å². The lowest BCUT2D eigenvalue weighted by Gasteiger charge is -2.22. The highest BCUT2D eigenvalue weighted by Crippen LogP contribution is 2.34. The van der Waals surface area contributed by atoms with E-state index in [2.05, 4.69) is 5.32 Å². The zero-order chi connectivity index (χ0) is 15.7. The predicted molar refractivity (Wildman–Crippen MR) is 84.8 cm³/mol. The van der Waals surface area contributed by atoms with Gasteiger partial charge in [0.2, 0.25) is 5.91 Å². The number of anilines is 1. The number of hydrogen-bond donors (Lipinski definition) is 1. The minimum Gasteiger partial charge on any atom is -0.371 e. The van der Waals surface area contributed by atoms with Gasteiger partial charge < -0.3 is 5.32 Å². The van der Waals surface area contributed by atoms with Gasteiger partial charge in [0.15, 0.2) is 0 Å². The summed E-state index contributed by atoms with van der Waals surface area (Å²) in [6.07, 6.45) is 0.861. The quantitative estimate of drug-likeness (QED) is 0.858. The Morgan fingerprint density at radius 1 is 1.38 bits per heavy atom. The van der Waals surface area contributed by atoms with E-state index in [4.69, 9.17) is 23.2 Å². The summed E-state index contributed by atoms with van der Waals surface area (Å²) < 4.78 is 0. The number of benzene rings is 1. The summed E-state index contributed by atoms with van der Waals surface area (Å²) in [6, 6.07) is 2.82. The number of nitrogens with zero attached hydrogens (tertiary/aromatic N) is 1. The van der Waals surface area contributed by atoms with Gasteiger partial charge in [-0.3, -0.25) is 14.5 Å². The number of halogens is 2. The van der Waals surface area contributed by atoms with Gasteiger partial charge in [0.1, 0.15) is 6.04 Å². The van der Waals surface area contributed by atoms with Crippen LogP contribution < -0.4 is 5.32 Å². The van der Waals surface area contributed by atoms with Crippen molar-refractivity contribution < 1.29 is 9.59 Å². The summed E-state index contributed by atoms with van der Waals surface area (Å²) in [5, 5.41) is 3.95. The Bertz CT molecular complexity index is 589. The summed E-state index contributed by atoms with van der Waals surface area (Å²) >= 11 is 12.4. The SMILES string of the molecule is CCC(C)N1C(=O)CC(Nc2c(Cl)ccc(C)c2Cl)C1=O. The fourth-order valence-electron chi connectivity index (χ4n) is 2.37. The standard InChI is InChI=1S/C15H18Cl2N2O2/c1-4-9(3)19-12(20)7-11(15(19)21)18-14-10(16)6-5-8(2)13(14)17/h5-6,9,11,18H,4,7H2,1-3H3. The summed E-state index contributed by atoms with van der Waals surface area (Å²) in [5.41, 5.74) is 1.37. The molecule has 0 aliphatic carbocycles. The first-order valence-corrected chi connectivity index (χ1v) is 7.69. The molecule has 1 aliphatic heterocycles. The minimum atomic E-state index is -0.608. The van der Waals surface area contributed by atoms with Gasteiger partial charge in [-0.25, -0.2) is 0 Å². The Morgan fingerprint density at radius 2 is 2.05 bits per heavy atom. The van der Waals surface area contributed by atoms with Crippen LogP contribution in [0.15, 0.2) is 12.1 Å². The highest BCUT2D eigenvalue weighted by atomic mass is 35.5. The van der Waals surface area contributed by atoms with Crippen LogP contribution in [0.25, 0.3) is 0 Å². The number of likely N-dealkylation sites (tertiary alicyclic amines) is 1. The zero-order valence-electron chi connectivity index (χ0n) is 12.2. The number of carbonyl (C=O) groups excluding carboxylic acids is 2. The first kappa shape index (κ1) is 16.1. The van der Waals surface area contributed by atoms with E-state index in [0.29, 0.717) is 15.7 Å². The molecule has 2 rings (SSSR count). The summed E-state index contributed by atoms with van der Waals surface area (Å²) in [4.78, 5) is 25.7. The van der Waals surface area contributed by atoms with Crippen LogP contribution in [0.1, 0.15) is 32.3 Å². The average molecular weight is 329 g/mol. The van der Waals surface area contributed by atoms with Gasteiger partial charge in [0.25, 0.3) is 5.91 Å². The molecule has 1 aliphatic rings. The molecule has 21 heavy (non-hydrogen) atoms. The molecule has 1 fully saturated rings. The van der Waals surface area contributed by atoms with E-state index in [1.54, 1.807) is 6.07 Å². The second-order valence-electron chi connectivity index (χ2n) is 5.31. The molecular formula is C15H18Cl2N2O2. The molecule has 1 aromatic carbocycles. The topological polar surface area (TPSA) is 49.4 Å². The lowest BCUT2D eigenvalue weighted by molar-refractivity contribution is -0.140. The molecule has 4 nitrogen and oxygen atoms in total. The molecule has 6 heteroatoms. The largest absolute Gasteiger partial charge is 0.371 e. The van der Waals surface area contributed by atoms with Gasteiger partial charge in [-0.15, -0.1) is 0 Å². The summed E-state index contributed by atoms with van der Waals surface area (Å²) in [6.45, 7) is 5.67. The average Bonchev–Trinajstić information content (AvgIpc) is 2.73. The maximum absolute atomic E-state index is 12.4. The smallest absolute Gasteiger partial charge is 0.252 e. The number of amides is 2. The Balaban J connectivity index is 2.24. The van der Waals surface area contributed by atoms with E-state index in [0.717, 1.165) is 12.0 Å². The molecule has 1 heterocycles. The third-order valence-corrected chi connectivity index (χ3v) is 4.62. The molecule has 1 saturated heterocycles. The van der Waals surface area contributed by atoms with Crippen molar-refractivity contribution in [3.63, 3.8) is 0 Å². The molecule has 0 aromatic heterocycles. The molecule has 1 aromatic rings. The third kappa shape index (κ3) is 3.01. The van der Waals surface area contributed by atoms with Crippen LogP contribution in [0, 0.1) is 6.92 Å². The third-order valence-electron chi connectivity index (χ3n) is 3.82. The summed E-state index contributed by atoms with van der Waals surface area (Å²) in [7, 11) is 0.